The fourth-order valence-corrected chi connectivity index (χ4v) is 3.31. The maximum atomic E-state index is 11.4. The maximum Gasteiger partial charge on any atom is 0.352 e. The molecule has 1 fully saturated rings. The number of carbonyl (C=O) groups excluding carboxylic acids is 1. The van der Waals surface area contributed by atoms with Crippen LogP contribution in [0, 0.1) is 0 Å². The van der Waals surface area contributed by atoms with E-state index in [1.807, 2.05) is 0 Å². The van der Waals surface area contributed by atoms with Gasteiger partial charge in [-0.3, -0.25) is 9.69 Å². The van der Waals surface area contributed by atoms with Gasteiger partial charge in [0.1, 0.15) is 17.1 Å². The molecule has 7 heteroatoms. The SMILES string of the molecule is N[C@@H]1C(=O)N2C(C(=O)O)=C(CCl)CS[C@@H]12. The summed E-state index contributed by atoms with van der Waals surface area (Å²) in [5.74, 6) is -0.809. The van der Waals surface area contributed by atoms with Gasteiger partial charge < -0.3 is 10.8 Å². The van der Waals surface area contributed by atoms with Crippen LogP contribution in [0.15, 0.2) is 11.3 Å². The first-order valence-electron chi connectivity index (χ1n) is 4.29. The van der Waals surface area contributed by atoms with Gasteiger partial charge in [0, 0.05) is 11.6 Å². The summed E-state index contributed by atoms with van der Waals surface area (Å²) in [6.07, 6.45) is 0. The fourth-order valence-electron chi connectivity index (χ4n) is 1.68. The standard InChI is InChI=1S/C8H9ClN2O3S/c9-1-3-2-15-7-4(10)6(12)11(7)5(3)8(13)14/h4,7H,1-2,10H2,(H,13,14)/t4-,7+/m1/s1. The van der Waals surface area contributed by atoms with Gasteiger partial charge in [-0.1, -0.05) is 0 Å². The number of amides is 1. The second-order valence-corrected chi connectivity index (χ2v) is 4.70. The van der Waals surface area contributed by atoms with Gasteiger partial charge in [0.05, 0.1) is 0 Å². The third-order valence-electron chi connectivity index (χ3n) is 2.45. The molecule has 15 heavy (non-hydrogen) atoms. The largest absolute Gasteiger partial charge is 0.477 e. The Balaban J connectivity index is 2.38. The number of carboxylic acids is 1. The molecule has 0 spiro atoms. The van der Waals surface area contributed by atoms with E-state index in [1.54, 1.807) is 0 Å². The predicted octanol–water partition coefficient (Wildman–Crippen LogP) is -0.194. The van der Waals surface area contributed by atoms with Gasteiger partial charge in [-0.25, -0.2) is 4.79 Å². The molecule has 0 aromatic heterocycles. The number of thioether (sulfide) groups is 1. The Labute approximate surface area is 95.2 Å². The fraction of sp³-hybridized carbons (Fsp3) is 0.500. The number of rotatable bonds is 2. The van der Waals surface area contributed by atoms with Crippen LogP contribution in [0.2, 0.25) is 0 Å². The van der Waals surface area contributed by atoms with Crippen molar-refractivity contribution in [2.24, 2.45) is 5.73 Å². The summed E-state index contributed by atoms with van der Waals surface area (Å²) < 4.78 is 0. The lowest BCUT2D eigenvalue weighted by Gasteiger charge is -2.47. The van der Waals surface area contributed by atoms with Crippen molar-refractivity contribution < 1.29 is 14.7 Å². The molecule has 0 bridgehead atoms. The summed E-state index contributed by atoms with van der Waals surface area (Å²) in [6, 6.07) is -0.582. The Morgan fingerprint density at radius 1 is 1.73 bits per heavy atom. The predicted molar refractivity (Wildman–Crippen MR) is 56.4 cm³/mol. The van der Waals surface area contributed by atoms with Crippen molar-refractivity contribution in [3.05, 3.63) is 11.3 Å². The zero-order chi connectivity index (χ0) is 11.2. The van der Waals surface area contributed by atoms with Crippen LogP contribution in [0.1, 0.15) is 0 Å². The van der Waals surface area contributed by atoms with Gasteiger partial charge in [-0.2, -0.15) is 0 Å². The minimum Gasteiger partial charge on any atom is -0.477 e. The van der Waals surface area contributed by atoms with Crippen LogP contribution in [-0.4, -0.2) is 44.9 Å². The summed E-state index contributed by atoms with van der Waals surface area (Å²) in [5.41, 5.74) is 6.15. The van der Waals surface area contributed by atoms with Crippen LogP contribution in [0.4, 0.5) is 0 Å². The molecule has 1 saturated heterocycles. The first kappa shape index (κ1) is 10.8. The molecule has 2 heterocycles. The number of fused-ring (bicyclic) bond motifs is 1. The number of β-lactam (4-membered cyclic amide) rings is 1. The Bertz CT molecular complexity index is 371. The molecule has 5 nitrogen and oxygen atoms in total. The Morgan fingerprint density at radius 2 is 2.40 bits per heavy atom. The first-order chi connectivity index (χ1) is 7.07. The highest BCUT2D eigenvalue weighted by Gasteiger charge is 2.51. The molecular formula is C8H9ClN2O3S. The molecule has 82 valence electrons. The molecule has 0 aliphatic carbocycles. The van der Waals surface area contributed by atoms with Crippen molar-refractivity contribution in [3.63, 3.8) is 0 Å². The van der Waals surface area contributed by atoms with Gasteiger partial charge in [0.2, 0.25) is 5.91 Å². The van der Waals surface area contributed by atoms with Crippen LogP contribution in [0.25, 0.3) is 0 Å². The molecule has 2 aliphatic heterocycles. The summed E-state index contributed by atoms with van der Waals surface area (Å²) in [5, 5.41) is 8.77. The molecule has 0 saturated carbocycles. The highest BCUT2D eigenvalue weighted by atomic mass is 35.5. The zero-order valence-electron chi connectivity index (χ0n) is 7.64. The summed E-state index contributed by atoms with van der Waals surface area (Å²) in [4.78, 5) is 23.7. The Hall–Kier alpha value is -0.720. The second-order valence-electron chi connectivity index (χ2n) is 3.33. The summed E-state index contributed by atoms with van der Waals surface area (Å²) in [7, 11) is 0. The van der Waals surface area contributed by atoms with Crippen LogP contribution in [0.3, 0.4) is 0 Å². The minimum absolute atomic E-state index is 0.0143. The van der Waals surface area contributed by atoms with Crippen LogP contribution in [0.5, 0.6) is 0 Å². The normalized spacial score (nSPS) is 30.0. The zero-order valence-corrected chi connectivity index (χ0v) is 9.22. The van der Waals surface area contributed by atoms with E-state index in [4.69, 9.17) is 22.4 Å². The maximum absolute atomic E-state index is 11.4. The van der Waals surface area contributed by atoms with Crippen molar-refractivity contribution in [2.75, 3.05) is 11.6 Å². The summed E-state index contributed by atoms with van der Waals surface area (Å²) >= 11 is 7.09. The third-order valence-corrected chi connectivity index (χ3v) is 4.14. The number of aliphatic carboxylic acids is 1. The minimum atomic E-state index is -1.11. The number of carboxylic acid groups (broad SMARTS) is 1. The number of nitrogens with zero attached hydrogens (tertiary/aromatic N) is 1. The third kappa shape index (κ3) is 1.44. The van der Waals surface area contributed by atoms with Crippen molar-refractivity contribution in [1.29, 1.82) is 0 Å². The lowest BCUT2D eigenvalue weighted by molar-refractivity contribution is -0.147. The van der Waals surface area contributed by atoms with Crippen molar-refractivity contribution in [1.82, 2.24) is 4.90 Å². The average Bonchev–Trinajstić information content (AvgIpc) is 2.25. The van der Waals surface area contributed by atoms with E-state index in [9.17, 15) is 9.59 Å². The molecular weight excluding hydrogens is 240 g/mol. The molecule has 0 unspecified atom stereocenters. The van der Waals surface area contributed by atoms with Gasteiger partial charge in [0.25, 0.3) is 0 Å². The van der Waals surface area contributed by atoms with Gasteiger partial charge >= 0.3 is 5.97 Å². The molecule has 0 aromatic carbocycles. The van der Waals surface area contributed by atoms with Crippen molar-refractivity contribution in [3.8, 4) is 0 Å². The van der Waals surface area contributed by atoms with Gasteiger partial charge in [0.15, 0.2) is 0 Å². The van der Waals surface area contributed by atoms with E-state index < -0.39 is 12.0 Å². The van der Waals surface area contributed by atoms with E-state index >= 15 is 0 Å². The lowest BCUT2D eigenvalue weighted by atomic mass is 10.0. The van der Waals surface area contributed by atoms with E-state index in [2.05, 4.69) is 0 Å². The molecule has 0 aromatic rings. The number of carbonyl (C=O) groups is 2. The number of nitrogens with two attached hydrogens (primary N) is 1. The van der Waals surface area contributed by atoms with E-state index in [-0.39, 0.29) is 22.9 Å². The Kier molecular flexibility index (Phi) is 2.66. The number of alkyl halides is 1. The Morgan fingerprint density at radius 3 is 2.93 bits per heavy atom. The molecule has 2 aliphatic rings. The molecule has 1 amide bonds. The highest BCUT2D eigenvalue weighted by molar-refractivity contribution is 8.00. The number of hydrogen-bond donors (Lipinski definition) is 2. The van der Waals surface area contributed by atoms with Crippen molar-refractivity contribution >= 4 is 35.2 Å². The quantitative estimate of drug-likeness (QED) is 0.523. The smallest absolute Gasteiger partial charge is 0.352 e. The number of halogens is 1. The highest BCUT2D eigenvalue weighted by Crippen LogP contribution is 2.39. The van der Waals surface area contributed by atoms with E-state index in [0.29, 0.717) is 11.3 Å². The molecule has 2 atom stereocenters. The van der Waals surface area contributed by atoms with Crippen LogP contribution < -0.4 is 5.73 Å². The van der Waals surface area contributed by atoms with Gasteiger partial charge in [-0.05, 0) is 5.57 Å². The van der Waals surface area contributed by atoms with E-state index in [1.165, 1.54) is 16.7 Å². The monoisotopic (exact) mass is 248 g/mol. The van der Waals surface area contributed by atoms with Crippen LogP contribution >= 0.6 is 23.4 Å². The van der Waals surface area contributed by atoms with Gasteiger partial charge in [-0.15, -0.1) is 23.4 Å². The lowest BCUT2D eigenvalue weighted by Crippen LogP contribution is -2.68. The summed E-state index contributed by atoms with van der Waals surface area (Å²) in [6.45, 7) is 0. The first-order valence-corrected chi connectivity index (χ1v) is 5.87. The van der Waals surface area contributed by atoms with E-state index in [0.717, 1.165) is 0 Å². The van der Waals surface area contributed by atoms with Crippen molar-refractivity contribution in [2.45, 2.75) is 11.4 Å². The second kappa shape index (κ2) is 3.70. The number of hydrogen-bond acceptors (Lipinski definition) is 4. The average molecular weight is 249 g/mol. The molecule has 3 N–H and O–H groups in total. The molecule has 0 radical (unpaired) electrons. The molecule has 2 rings (SSSR count). The van der Waals surface area contributed by atoms with Crippen LogP contribution in [-0.2, 0) is 9.59 Å². The topological polar surface area (TPSA) is 83.6 Å².